The van der Waals surface area contributed by atoms with E-state index in [1.165, 1.54) is 10.9 Å². The molecule has 122 valence electrons. The van der Waals surface area contributed by atoms with E-state index in [-0.39, 0.29) is 18.5 Å². The highest BCUT2D eigenvalue weighted by atomic mass is 79.9. The molecule has 2 aromatic carbocycles. The fourth-order valence-corrected chi connectivity index (χ4v) is 2.81. The first kappa shape index (κ1) is 16.9. The van der Waals surface area contributed by atoms with Crippen LogP contribution >= 0.6 is 31.9 Å². The predicted molar refractivity (Wildman–Crippen MR) is 98.1 cm³/mol. The molecule has 0 fully saturated rings. The monoisotopic (exact) mass is 450 g/mol. The zero-order valence-corrected chi connectivity index (χ0v) is 15.6. The van der Waals surface area contributed by atoms with E-state index in [0.29, 0.717) is 16.7 Å². The number of ether oxygens (including phenoxy) is 1. The first-order chi connectivity index (χ1) is 11.5. The number of fused-ring (bicyclic) bond motifs is 1. The normalized spacial score (nSPS) is 10.8. The van der Waals surface area contributed by atoms with Crippen molar-refractivity contribution in [2.45, 2.75) is 13.0 Å². The molecule has 0 aliphatic heterocycles. The molecule has 1 aromatic heterocycles. The van der Waals surface area contributed by atoms with Crippen molar-refractivity contribution in [3.8, 4) is 5.75 Å². The van der Waals surface area contributed by atoms with Crippen LogP contribution in [0, 0.1) is 0 Å². The predicted octanol–water partition coefficient (Wildman–Crippen LogP) is 3.92. The molecule has 0 atom stereocenters. The van der Waals surface area contributed by atoms with Gasteiger partial charge in [0.05, 0.1) is 23.7 Å². The number of hydrogen-bond donors (Lipinski definition) is 0. The van der Waals surface area contributed by atoms with Crippen LogP contribution < -0.4 is 10.3 Å². The number of benzene rings is 2. The lowest BCUT2D eigenvalue weighted by Gasteiger charge is -2.07. The largest absolute Gasteiger partial charge is 0.426 e. The maximum Gasteiger partial charge on any atom is 0.312 e. The molecular weight excluding hydrogens is 440 g/mol. The van der Waals surface area contributed by atoms with Gasteiger partial charge in [-0.1, -0.05) is 31.9 Å². The summed E-state index contributed by atoms with van der Waals surface area (Å²) in [5.41, 5.74) is 0.439. The second kappa shape index (κ2) is 7.27. The maximum atomic E-state index is 12.4. The fourth-order valence-electron chi connectivity index (χ4n) is 2.19. The Hall–Kier alpha value is -1.99. The molecule has 0 spiro atoms. The SMILES string of the molecule is O=C(CCn1cnc2ccc(Br)cc2c1=O)Oc1ccc(Br)cc1. The van der Waals surface area contributed by atoms with Crippen LogP contribution in [0.15, 0.2) is 62.5 Å². The van der Waals surface area contributed by atoms with E-state index in [4.69, 9.17) is 4.74 Å². The van der Waals surface area contributed by atoms with Gasteiger partial charge in [0.2, 0.25) is 0 Å². The minimum Gasteiger partial charge on any atom is -0.426 e. The molecule has 0 bridgehead atoms. The summed E-state index contributed by atoms with van der Waals surface area (Å²) in [5.74, 6) is 0.0645. The number of hydrogen-bond acceptors (Lipinski definition) is 4. The molecule has 0 saturated heterocycles. The fraction of sp³-hybridized carbons (Fsp3) is 0.118. The van der Waals surface area contributed by atoms with Gasteiger partial charge in [0.25, 0.3) is 5.56 Å². The van der Waals surface area contributed by atoms with Crippen LogP contribution in [0.2, 0.25) is 0 Å². The van der Waals surface area contributed by atoms with Crippen molar-refractivity contribution < 1.29 is 9.53 Å². The quantitative estimate of drug-likeness (QED) is 0.445. The van der Waals surface area contributed by atoms with E-state index in [1.54, 1.807) is 36.4 Å². The first-order valence-electron chi connectivity index (χ1n) is 7.14. The van der Waals surface area contributed by atoms with Crippen LogP contribution in [0.3, 0.4) is 0 Å². The third-order valence-electron chi connectivity index (χ3n) is 3.39. The molecule has 0 N–H and O–H groups in total. The van der Waals surface area contributed by atoms with Crippen molar-refractivity contribution in [1.82, 2.24) is 9.55 Å². The third kappa shape index (κ3) is 3.91. The van der Waals surface area contributed by atoms with E-state index in [1.807, 2.05) is 6.07 Å². The molecule has 7 heteroatoms. The topological polar surface area (TPSA) is 61.2 Å². The number of aryl methyl sites for hydroxylation is 1. The smallest absolute Gasteiger partial charge is 0.312 e. The molecule has 0 radical (unpaired) electrons. The average Bonchev–Trinajstić information content (AvgIpc) is 2.57. The Morgan fingerprint density at radius 2 is 1.79 bits per heavy atom. The number of esters is 1. The number of carbonyl (C=O) groups is 1. The Balaban J connectivity index is 1.71. The molecule has 0 unspecified atom stereocenters. The minimum absolute atomic E-state index is 0.0805. The molecule has 24 heavy (non-hydrogen) atoms. The highest BCUT2D eigenvalue weighted by molar-refractivity contribution is 9.10. The number of carbonyl (C=O) groups excluding carboxylic acids is 1. The average molecular weight is 452 g/mol. The second-order valence-corrected chi connectivity index (χ2v) is 6.91. The summed E-state index contributed by atoms with van der Waals surface area (Å²) in [5, 5.41) is 0.508. The number of halogens is 2. The van der Waals surface area contributed by atoms with Crippen molar-refractivity contribution in [1.29, 1.82) is 0 Å². The Morgan fingerprint density at radius 1 is 1.08 bits per heavy atom. The summed E-state index contributed by atoms with van der Waals surface area (Å²) in [7, 11) is 0. The van der Waals surface area contributed by atoms with Gasteiger partial charge in [0, 0.05) is 15.5 Å². The summed E-state index contributed by atoms with van der Waals surface area (Å²) < 4.78 is 8.36. The van der Waals surface area contributed by atoms with Crippen LogP contribution in [0.5, 0.6) is 5.75 Å². The third-order valence-corrected chi connectivity index (χ3v) is 4.41. The van der Waals surface area contributed by atoms with E-state index in [9.17, 15) is 9.59 Å². The van der Waals surface area contributed by atoms with Crippen LogP contribution in [-0.4, -0.2) is 15.5 Å². The van der Waals surface area contributed by atoms with Crippen molar-refractivity contribution in [3.63, 3.8) is 0 Å². The van der Waals surface area contributed by atoms with Crippen molar-refractivity contribution in [3.05, 3.63) is 68.1 Å². The highest BCUT2D eigenvalue weighted by Gasteiger charge is 2.09. The van der Waals surface area contributed by atoms with Gasteiger partial charge >= 0.3 is 5.97 Å². The summed E-state index contributed by atoms with van der Waals surface area (Å²) in [6.07, 6.45) is 1.53. The van der Waals surface area contributed by atoms with Crippen molar-refractivity contribution in [2.24, 2.45) is 0 Å². The Morgan fingerprint density at radius 3 is 2.54 bits per heavy atom. The molecule has 3 aromatic rings. The lowest BCUT2D eigenvalue weighted by Crippen LogP contribution is -2.23. The van der Waals surface area contributed by atoms with E-state index in [0.717, 1.165) is 8.95 Å². The summed E-state index contributed by atoms with van der Waals surface area (Å²) in [6, 6.07) is 12.3. The molecule has 0 aliphatic rings. The maximum absolute atomic E-state index is 12.4. The standard InChI is InChI=1S/C17H12Br2N2O3/c18-11-1-4-13(5-2-11)24-16(22)7-8-21-10-20-15-6-3-12(19)9-14(15)17(21)23/h1-6,9-10H,7-8H2. The van der Waals surface area contributed by atoms with Gasteiger partial charge in [-0.3, -0.25) is 14.2 Å². The lowest BCUT2D eigenvalue weighted by atomic mass is 10.2. The molecule has 1 heterocycles. The van der Waals surface area contributed by atoms with E-state index < -0.39 is 5.97 Å². The highest BCUT2D eigenvalue weighted by Crippen LogP contribution is 2.17. The van der Waals surface area contributed by atoms with Crippen LogP contribution in [-0.2, 0) is 11.3 Å². The number of rotatable bonds is 4. The van der Waals surface area contributed by atoms with Gasteiger partial charge in [0.15, 0.2) is 0 Å². The van der Waals surface area contributed by atoms with Crippen molar-refractivity contribution in [2.75, 3.05) is 0 Å². The molecule has 0 aliphatic carbocycles. The van der Waals surface area contributed by atoms with Gasteiger partial charge in [-0.15, -0.1) is 0 Å². The van der Waals surface area contributed by atoms with Crippen LogP contribution in [0.1, 0.15) is 6.42 Å². The molecule has 0 amide bonds. The van der Waals surface area contributed by atoms with Gasteiger partial charge in [0.1, 0.15) is 5.75 Å². The van der Waals surface area contributed by atoms with Gasteiger partial charge in [-0.2, -0.15) is 0 Å². The lowest BCUT2D eigenvalue weighted by molar-refractivity contribution is -0.134. The molecule has 0 saturated carbocycles. The van der Waals surface area contributed by atoms with E-state index in [2.05, 4.69) is 36.8 Å². The van der Waals surface area contributed by atoms with Gasteiger partial charge in [-0.05, 0) is 42.5 Å². The summed E-state index contributed by atoms with van der Waals surface area (Å²) in [4.78, 5) is 28.6. The second-order valence-electron chi connectivity index (χ2n) is 5.08. The minimum atomic E-state index is -0.404. The molecular formula is C17H12Br2N2O3. The Labute approximate surface area is 154 Å². The zero-order chi connectivity index (χ0) is 17.1. The van der Waals surface area contributed by atoms with Crippen LogP contribution in [0.4, 0.5) is 0 Å². The van der Waals surface area contributed by atoms with E-state index >= 15 is 0 Å². The number of nitrogens with zero attached hydrogens (tertiary/aromatic N) is 2. The molecule has 3 rings (SSSR count). The van der Waals surface area contributed by atoms with Crippen molar-refractivity contribution >= 4 is 48.7 Å². The van der Waals surface area contributed by atoms with Gasteiger partial charge < -0.3 is 4.74 Å². The summed E-state index contributed by atoms with van der Waals surface area (Å²) >= 11 is 6.66. The zero-order valence-electron chi connectivity index (χ0n) is 12.4. The molecule has 5 nitrogen and oxygen atoms in total. The number of aromatic nitrogens is 2. The Bertz CT molecular complexity index is 952. The Kier molecular flexibility index (Phi) is 5.11. The summed E-state index contributed by atoms with van der Waals surface area (Å²) in [6.45, 7) is 0.212. The van der Waals surface area contributed by atoms with Crippen LogP contribution in [0.25, 0.3) is 10.9 Å². The van der Waals surface area contributed by atoms with Gasteiger partial charge in [-0.25, -0.2) is 4.98 Å². The first-order valence-corrected chi connectivity index (χ1v) is 8.72.